The Labute approximate surface area is 104 Å². The van der Waals surface area contributed by atoms with E-state index in [1.54, 1.807) is 27.7 Å². The molecule has 1 aromatic heterocycles. The fourth-order valence-electron chi connectivity index (χ4n) is 0.896. The van der Waals surface area contributed by atoms with Crippen LogP contribution in [0.25, 0.3) is 0 Å². The molecule has 0 radical (unpaired) electrons. The second-order valence-electron chi connectivity index (χ2n) is 4.38. The van der Waals surface area contributed by atoms with Crippen molar-refractivity contribution in [2.24, 2.45) is 5.41 Å². The van der Waals surface area contributed by atoms with Crippen molar-refractivity contribution in [2.45, 2.75) is 27.7 Å². The quantitative estimate of drug-likeness (QED) is 0.833. The summed E-state index contributed by atoms with van der Waals surface area (Å²) < 4.78 is 8.44. The lowest BCUT2D eigenvalue weighted by atomic mass is 9.96. The number of esters is 1. The minimum absolute atomic E-state index is 0.0504. The molecular weight excluding hydrogens is 242 g/mol. The van der Waals surface area contributed by atoms with Crippen LogP contribution >= 0.6 is 11.5 Å². The number of carbonyl (C=O) groups excluding carboxylic acids is 2. The summed E-state index contributed by atoms with van der Waals surface area (Å²) in [7, 11) is 0. The molecule has 0 saturated heterocycles. The summed E-state index contributed by atoms with van der Waals surface area (Å²) in [6.07, 6.45) is 0. The third-order valence-electron chi connectivity index (χ3n) is 1.87. The molecule has 1 aromatic rings. The molecular formula is C10H15N3O3S. The van der Waals surface area contributed by atoms with E-state index in [-0.39, 0.29) is 18.2 Å². The van der Waals surface area contributed by atoms with Crippen molar-refractivity contribution < 1.29 is 14.3 Å². The fraction of sp³-hybridized carbons (Fsp3) is 0.600. The highest BCUT2D eigenvalue weighted by atomic mass is 32.1. The maximum atomic E-state index is 11.8. The SMILES string of the molecule is CCOC(=O)c1nnsc1NC(=O)C(C)(C)C. The summed E-state index contributed by atoms with van der Waals surface area (Å²) in [6.45, 7) is 7.29. The van der Waals surface area contributed by atoms with Crippen LogP contribution in [0.15, 0.2) is 0 Å². The van der Waals surface area contributed by atoms with E-state index >= 15 is 0 Å². The first-order valence-electron chi connectivity index (χ1n) is 5.17. The smallest absolute Gasteiger partial charge is 0.362 e. The van der Waals surface area contributed by atoms with Crippen molar-refractivity contribution in [3.05, 3.63) is 5.69 Å². The average Bonchev–Trinajstić information content (AvgIpc) is 2.64. The van der Waals surface area contributed by atoms with Gasteiger partial charge in [0.2, 0.25) is 11.6 Å². The van der Waals surface area contributed by atoms with Gasteiger partial charge in [-0.25, -0.2) is 4.79 Å². The number of nitrogens with one attached hydrogen (secondary N) is 1. The molecule has 94 valence electrons. The van der Waals surface area contributed by atoms with Gasteiger partial charge in [-0.3, -0.25) is 4.79 Å². The molecule has 0 aliphatic carbocycles. The van der Waals surface area contributed by atoms with Gasteiger partial charge in [0.1, 0.15) is 0 Å². The van der Waals surface area contributed by atoms with Crippen molar-refractivity contribution in [1.82, 2.24) is 9.59 Å². The predicted octanol–water partition coefficient (Wildman–Crippen LogP) is 1.70. The highest BCUT2D eigenvalue weighted by Crippen LogP contribution is 2.22. The van der Waals surface area contributed by atoms with Crippen LogP contribution in [0, 0.1) is 5.41 Å². The molecule has 0 atom stereocenters. The van der Waals surface area contributed by atoms with Gasteiger partial charge in [0.15, 0.2) is 5.00 Å². The van der Waals surface area contributed by atoms with Gasteiger partial charge in [0, 0.05) is 16.9 Å². The van der Waals surface area contributed by atoms with E-state index in [1.807, 2.05) is 0 Å². The molecule has 6 nitrogen and oxygen atoms in total. The maximum Gasteiger partial charge on any atom is 0.362 e. The zero-order chi connectivity index (χ0) is 13.1. The van der Waals surface area contributed by atoms with Gasteiger partial charge in [-0.15, -0.1) is 5.10 Å². The Bertz CT molecular complexity index is 423. The molecule has 0 spiro atoms. The van der Waals surface area contributed by atoms with Crippen LogP contribution in [0.5, 0.6) is 0 Å². The van der Waals surface area contributed by atoms with Gasteiger partial charge in [0.05, 0.1) is 6.61 Å². The van der Waals surface area contributed by atoms with Crippen LogP contribution in [0.4, 0.5) is 5.00 Å². The van der Waals surface area contributed by atoms with E-state index in [1.165, 1.54) is 0 Å². The van der Waals surface area contributed by atoms with Gasteiger partial charge < -0.3 is 10.1 Å². The second-order valence-corrected chi connectivity index (χ2v) is 5.13. The van der Waals surface area contributed by atoms with E-state index in [0.29, 0.717) is 5.00 Å². The normalized spacial score (nSPS) is 11.1. The molecule has 0 saturated carbocycles. The van der Waals surface area contributed by atoms with Crippen LogP contribution in [0.2, 0.25) is 0 Å². The van der Waals surface area contributed by atoms with E-state index in [4.69, 9.17) is 4.74 Å². The second kappa shape index (κ2) is 5.22. The van der Waals surface area contributed by atoms with Crippen LogP contribution in [0.1, 0.15) is 38.2 Å². The standard InChI is InChI=1S/C10H15N3O3S/c1-5-16-8(14)6-7(17-13-12-6)11-9(15)10(2,3)4/h5H2,1-4H3,(H,11,15). The van der Waals surface area contributed by atoms with Crippen molar-refractivity contribution in [1.29, 1.82) is 0 Å². The minimum atomic E-state index is -0.578. The number of aromatic nitrogens is 2. The zero-order valence-corrected chi connectivity index (χ0v) is 11.1. The maximum absolute atomic E-state index is 11.8. The van der Waals surface area contributed by atoms with Crippen LogP contribution in [-0.4, -0.2) is 28.1 Å². The highest BCUT2D eigenvalue weighted by Gasteiger charge is 2.25. The Balaban J connectivity index is 2.83. The molecule has 0 aromatic carbocycles. The van der Waals surface area contributed by atoms with Crippen LogP contribution in [0.3, 0.4) is 0 Å². The van der Waals surface area contributed by atoms with Gasteiger partial charge in [-0.1, -0.05) is 25.3 Å². The van der Waals surface area contributed by atoms with Crippen molar-refractivity contribution in [3.8, 4) is 0 Å². The lowest BCUT2D eigenvalue weighted by molar-refractivity contribution is -0.123. The molecule has 0 aliphatic rings. The number of nitrogens with zero attached hydrogens (tertiary/aromatic N) is 2. The first kappa shape index (κ1) is 13.6. The number of ether oxygens (including phenoxy) is 1. The lowest BCUT2D eigenvalue weighted by Gasteiger charge is -2.16. The summed E-state index contributed by atoms with van der Waals surface area (Å²) in [5.41, 5.74) is -0.495. The van der Waals surface area contributed by atoms with E-state index in [0.717, 1.165) is 11.5 Å². The topological polar surface area (TPSA) is 81.2 Å². The Morgan fingerprint density at radius 2 is 2.06 bits per heavy atom. The summed E-state index contributed by atoms with van der Waals surface area (Å²) in [4.78, 5) is 23.2. The molecule has 0 unspecified atom stereocenters. The Hall–Kier alpha value is -1.50. The molecule has 0 bridgehead atoms. The van der Waals surface area contributed by atoms with Gasteiger partial charge >= 0.3 is 5.97 Å². The van der Waals surface area contributed by atoms with E-state index in [9.17, 15) is 9.59 Å². The molecule has 1 amide bonds. The number of amides is 1. The monoisotopic (exact) mass is 257 g/mol. The largest absolute Gasteiger partial charge is 0.461 e. The zero-order valence-electron chi connectivity index (χ0n) is 10.2. The van der Waals surface area contributed by atoms with E-state index < -0.39 is 11.4 Å². The summed E-state index contributed by atoms with van der Waals surface area (Å²) in [5.74, 6) is -0.778. The summed E-state index contributed by atoms with van der Waals surface area (Å²) in [5, 5.41) is 6.60. The molecule has 1 N–H and O–H groups in total. The Morgan fingerprint density at radius 3 is 2.59 bits per heavy atom. The molecule has 1 heterocycles. The molecule has 0 aliphatic heterocycles. The number of carbonyl (C=O) groups is 2. The average molecular weight is 257 g/mol. The number of hydrogen-bond acceptors (Lipinski definition) is 6. The summed E-state index contributed by atoms with van der Waals surface area (Å²) >= 11 is 0.954. The molecule has 7 heteroatoms. The van der Waals surface area contributed by atoms with Crippen LogP contribution < -0.4 is 5.32 Å². The first-order valence-corrected chi connectivity index (χ1v) is 5.94. The number of rotatable bonds is 3. The molecule has 0 fully saturated rings. The van der Waals surface area contributed by atoms with Gasteiger partial charge in [-0.2, -0.15) is 0 Å². The Kier molecular flexibility index (Phi) is 4.17. The molecule has 17 heavy (non-hydrogen) atoms. The van der Waals surface area contributed by atoms with Crippen LogP contribution in [-0.2, 0) is 9.53 Å². The lowest BCUT2D eigenvalue weighted by Crippen LogP contribution is -2.28. The number of anilines is 1. The minimum Gasteiger partial charge on any atom is -0.461 e. The number of hydrogen-bond donors (Lipinski definition) is 1. The van der Waals surface area contributed by atoms with Gasteiger partial charge in [0.25, 0.3) is 0 Å². The molecule has 1 rings (SSSR count). The van der Waals surface area contributed by atoms with Gasteiger partial charge in [-0.05, 0) is 6.92 Å². The predicted molar refractivity (Wildman–Crippen MR) is 64.0 cm³/mol. The summed E-state index contributed by atoms with van der Waals surface area (Å²) in [6, 6.07) is 0. The van der Waals surface area contributed by atoms with Crippen molar-refractivity contribution >= 4 is 28.4 Å². The van der Waals surface area contributed by atoms with Crippen molar-refractivity contribution in [3.63, 3.8) is 0 Å². The highest BCUT2D eigenvalue weighted by molar-refractivity contribution is 7.10. The Morgan fingerprint density at radius 1 is 1.41 bits per heavy atom. The van der Waals surface area contributed by atoms with Crippen molar-refractivity contribution in [2.75, 3.05) is 11.9 Å². The first-order chi connectivity index (χ1) is 7.86. The van der Waals surface area contributed by atoms with E-state index in [2.05, 4.69) is 14.9 Å². The third-order valence-corrected chi connectivity index (χ3v) is 2.51. The third kappa shape index (κ3) is 3.48. The fourth-order valence-corrected chi connectivity index (χ4v) is 1.45.